The largest absolute Gasteiger partial charge is 0.497 e. The summed E-state index contributed by atoms with van der Waals surface area (Å²) in [6.07, 6.45) is 0.240. The van der Waals surface area contributed by atoms with E-state index in [-0.39, 0.29) is 12.3 Å². The maximum atomic E-state index is 12.3. The van der Waals surface area contributed by atoms with Gasteiger partial charge in [0.2, 0.25) is 5.91 Å². The highest BCUT2D eigenvalue weighted by atomic mass is 32.1. The van der Waals surface area contributed by atoms with Crippen LogP contribution in [0.25, 0.3) is 10.6 Å². The van der Waals surface area contributed by atoms with Gasteiger partial charge in [0.05, 0.1) is 30.9 Å². The molecule has 0 saturated heterocycles. The number of nitrogens with zero attached hydrogens (tertiary/aromatic N) is 2. The average molecular weight is 363 g/mol. The summed E-state index contributed by atoms with van der Waals surface area (Å²) in [6, 6.07) is 16.6. The highest BCUT2D eigenvalue weighted by Gasteiger charge is 2.14. The summed E-state index contributed by atoms with van der Waals surface area (Å²) in [7, 11) is 1.63. The quantitative estimate of drug-likeness (QED) is 0.738. The number of carbonyl (C=O) groups excluding carboxylic acids is 1. The second kappa shape index (κ2) is 7.81. The predicted molar refractivity (Wildman–Crippen MR) is 102 cm³/mol. The molecule has 0 saturated carbocycles. The molecule has 0 unspecified atom stereocenters. The van der Waals surface area contributed by atoms with Crippen molar-refractivity contribution in [3.8, 4) is 22.4 Å². The summed E-state index contributed by atoms with van der Waals surface area (Å²) in [6.45, 7) is 1.90. The number of carbonyl (C=O) groups is 1. The molecule has 1 N–H and O–H groups in total. The van der Waals surface area contributed by atoms with E-state index < -0.39 is 0 Å². The number of nitriles is 1. The molecule has 5 nitrogen and oxygen atoms in total. The lowest BCUT2D eigenvalue weighted by atomic mass is 10.2. The molecule has 0 radical (unpaired) electrons. The molecule has 2 aromatic carbocycles. The van der Waals surface area contributed by atoms with Crippen molar-refractivity contribution in [2.45, 2.75) is 13.3 Å². The van der Waals surface area contributed by atoms with Gasteiger partial charge in [0.1, 0.15) is 10.8 Å². The van der Waals surface area contributed by atoms with Crippen molar-refractivity contribution in [1.29, 1.82) is 5.26 Å². The average Bonchev–Trinajstić information content (AvgIpc) is 3.02. The van der Waals surface area contributed by atoms with Gasteiger partial charge in [0, 0.05) is 16.1 Å². The summed E-state index contributed by atoms with van der Waals surface area (Å²) in [4.78, 5) is 17.8. The van der Waals surface area contributed by atoms with E-state index in [9.17, 15) is 4.79 Å². The Morgan fingerprint density at radius 2 is 2.08 bits per heavy atom. The molecule has 1 amide bonds. The third-order valence-electron chi connectivity index (χ3n) is 3.81. The Kier molecular flexibility index (Phi) is 5.30. The van der Waals surface area contributed by atoms with Crippen LogP contribution in [0.15, 0.2) is 48.5 Å². The van der Waals surface area contributed by atoms with Gasteiger partial charge in [-0.25, -0.2) is 4.98 Å². The van der Waals surface area contributed by atoms with E-state index in [1.54, 1.807) is 31.4 Å². The first-order chi connectivity index (χ1) is 12.6. The van der Waals surface area contributed by atoms with E-state index in [0.29, 0.717) is 11.3 Å². The molecule has 0 aliphatic rings. The third kappa shape index (κ3) is 4.08. The van der Waals surface area contributed by atoms with Crippen LogP contribution in [0.1, 0.15) is 16.1 Å². The number of anilines is 1. The van der Waals surface area contributed by atoms with Gasteiger partial charge in [-0.3, -0.25) is 4.79 Å². The van der Waals surface area contributed by atoms with Gasteiger partial charge in [0.25, 0.3) is 0 Å². The molecular weight excluding hydrogens is 346 g/mol. The zero-order chi connectivity index (χ0) is 18.5. The van der Waals surface area contributed by atoms with Gasteiger partial charge in [-0.05, 0) is 37.3 Å². The molecule has 0 spiro atoms. The van der Waals surface area contributed by atoms with Crippen molar-refractivity contribution in [3.05, 3.63) is 64.7 Å². The smallest absolute Gasteiger partial charge is 0.229 e. The number of hydrogen-bond donors (Lipinski definition) is 1. The number of hydrogen-bond acceptors (Lipinski definition) is 5. The maximum absolute atomic E-state index is 12.3. The second-order valence-corrected chi connectivity index (χ2v) is 6.76. The topological polar surface area (TPSA) is 75.0 Å². The van der Waals surface area contributed by atoms with Gasteiger partial charge in [0.15, 0.2) is 0 Å². The number of thiazole rings is 1. The highest BCUT2D eigenvalue weighted by Crippen LogP contribution is 2.30. The number of aryl methyl sites for hydroxylation is 1. The fraction of sp³-hybridized carbons (Fsp3) is 0.150. The third-order valence-corrected chi connectivity index (χ3v) is 5.01. The first-order valence-corrected chi connectivity index (χ1v) is 8.81. The SMILES string of the molecule is COc1cccc(-c2nc(C)c(CC(=O)Nc3cccc(C#N)c3)s2)c1. The Labute approximate surface area is 155 Å². The van der Waals surface area contributed by atoms with E-state index in [0.717, 1.165) is 26.9 Å². The van der Waals surface area contributed by atoms with Crippen molar-refractivity contribution in [3.63, 3.8) is 0 Å². The van der Waals surface area contributed by atoms with E-state index in [1.165, 1.54) is 11.3 Å². The number of rotatable bonds is 5. The van der Waals surface area contributed by atoms with Gasteiger partial charge < -0.3 is 10.1 Å². The Morgan fingerprint density at radius 3 is 2.85 bits per heavy atom. The lowest BCUT2D eigenvalue weighted by molar-refractivity contribution is -0.115. The number of benzene rings is 2. The fourth-order valence-electron chi connectivity index (χ4n) is 2.49. The molecule has 26 heavy (non-hydrogen) atoms. The summed E-state index contributed by atoms with van der Waals surface area (Å²) in [5, 5.41) is 12.6. The van der Waals surface area contributed by atoms with Crippen molar-refractivity contribution in [2.75, 3.05) is 12.4 Å². The standard InChI is InChI=1S/C20H17N3O2S/c1-13-18(11-19(24)23-16-7-3-5-14(9-16)12-21)26-20(22-13)15-6-4-8-17(10-15)25-2/h3-10H,11H2,1-2H3,(H,23,24). The summed E-state index contributed by atoms with van der Waals surface area (Å²) in [5.74, 6) is 0.635. The van der Waals surface area contributed by atoms with E-state index in [2.05, 4.69) is 16.4 Å². The summed E-state index contributed by atoms with van der Waals surface area (Å²) >= 11 is 1.50. The Hall–Kier alpha value is -3.17. The summed E-state index contributed by atoms with van der Waals surface area (Å²) in [5.41, 5.74) is 2.93. The molecule has 3 aromatic rings. The predicted octanol–water partition coefficient (Wildman–Crippen LogP) is 4.18. The lowest BCUT2D eigenvalue weighted by Crippen LogP contribution is -2.14. The molecule has 0 aliphatic carbocycles. The number of ether oxygens (including phenoxy) is 1. The molecule has 1 aromatic heterocycles. The molecule has 0 aliphatic heterocycles. The van der Waals surface area contributed by atoms with Crippen LogP contribution in [-0.4, -0.2) is 18.0 Å². The maximum Gasteiger partial charge on any atom is 0.229 e. The van der Waals surface area contributed by atoms with E-state index >= 15 is 0 Å². The van der Waals surface area contributed by atoms with Crippen molar-refractivity contribution >= 4 is 22.9 Å². The number of amides is 1. The first-order valence-electron chi connectivity index (χ1n) is 8.00. The van der Waals surface area contributed by atoms with Crippen LogP contribution >= 0.6 is 11.3 Å². The van der Waals surface area contributed by atoms with Gasteiger partial charge >= 0.3 is 0 Å². The van der Waals surface area contributed by atoms with Gasteiger partial charge in [-0.15, -0.1) is 11.3 Å². The Bertz CT molecular complexity index is 989. The molecular formula is C20H17N3O2S. The molecule has 0 bridgehead atoms. The number of nitrogens with one attached hydrogen (secondary N) is 1. The van der Waals surface area contributed by atoms with Gasteiger partial charge in [-0.1, -0.05) is 18.2 Å². The Balaban J connectivity index is 1.74. The minimum atomic E-state index is -0.135. The van der Waals surface area contributed by atoms with Crippen LogP contribution in [0, 0.1) is 18.3 Å². The molecule has 130 valence electrons. The van der Waals surface area contributed by atoms with Crippen LogP contribution in [0.3, 0.4) is 0 Å². The lowest BCUT2D eigenvalue weighted by Gasteiger charge is -2.04. The van der Waals surface area contributed by atoms with Gasteiger partial charge in [-0.2, -0.15) is 5.26 Å². The minimum absolute atomic E-state index is 0.135. The first kappa shape index (κ1) is 17.6. The highest BCUT2D eigenvalue weighted by molar-refractivity contribution is 7.15. The zero-order valence-electron chi connectivity index (χ0n) is 14.4. The van der Waals surface area contributed by atoms with E-state index in [4.69, 9.17) is 10.00 Å². The fourth-order valence-corrected chi connectivity index (χ4v) is 3.55. The van der Waals surface area contributed by atoms with Crippen molar-refractivity contribution < 1.29 is 9.53 Å². The monoisotopic (exact) mass is 363 g/mol. The number of methoxy groups -OCH3 is 1. The molecule has 0 fully saturated rings. The van der Waals surface area contributed by atoms with Crippen LogP contribution in [0.4, 0.5) is 5.69 Å². The van der Waals surface area contributed by atoms with E-state index in [1.807, 2.05) is 31.2 Å². The van der Waals surface area contributed by atoms with Crippen molar-refractivity contribution in [2.24, 2.45) is 0 Å². The normalized spacial score (nSPS) is 10.2. The summed E-state index contributed by atoms with van der Waals surface area (Å²) < 4.78 is 5.25. The molecule has 3 rings (SSSR count). The second-order valence-electron chi connectivity index (χ2n) is 5.68. The molecule has 6 heteroatoms. The number of aromatic nitrogens is 1. The van der Waals surface area contributed by atoms with Crippen molar-refractivity contribution in [1.82, 2.24) is 4.98 Å². The zero-order valence-corrected chi connectivity index (χ0v) is 15.3. The minimum Gasteiger partial charge on any atom is -0.497 e. The van der Waals surface area contributed by atoms with Crippen LogP contribution < -0.4 is 10.1 Å². The van der Waals surface area contributed by atoms with Crippen LogP contribution in [-0.2, 0) is 11.2 Å². The molecule has 0 atom stereocenters. The van der Waals surface area contributed by atoms with Crippen LogP contribution in [0.2, 0.25) is 0 Å². The Morgan fingerprint density at radius 1 is 1.27 bits per heavy atom. The van der Waals surface area contributed by atoms with Crippen LogP contribution in [0.5, 0.6) is 5.75 Å². The molecule has 1 heterocycles.